The molecule has 9 heteroatoms. The van der Waals surface area contributed by atoms with Crippen LogP contribution < -0.4 is 15.0 Å². The van der Waals surface area contributed by atoms with Gasteiger partial charge >= 0.3 is 0 Å². The molecule has 1 aliphatic rings. The Labute approximate surface area is 200 Å². The van der Waals surface area contributed by atoms with Crippen LogP contribution in [0.3, 0.4) is 0 Å². The Balaban J connectivity index is 0.00000341. The van der Waals surface area contributed by atoms with Crippen molar-refractivity contribution in [2.24, 2.45) is 4.99 Å². The van der Waals surface area contributed by atoms with Crippen molar-refractivity contribution in [2.75, 3.05) is 57.9 Å². The number of guanidine groups is 1. The van der Waals surface area contributed by atoms with Crippen LogP contribution >= 0.6 is 24.0 Å². The maximum absolute atomic E-state index is 13.2. The van der Waals surface area contributed by atoms with E-state index in [0.717, 1.165) is 49.9 Å². The first-order chi connectivity index (χ1) is 14.7. The van der Waals surface area contributed by atoms with Crippen molar-refractivity contribution in [3.63, 3.8) is 0 Å². The van der Waals surface area contributed by atoms with E-state index in [2.05, 4.69) is 27.0 Å². The highest BCUT2D eigenvalue weighted by atomic mass is 127. The van der Waals surface area contributed by atoms with Crippen LogP contribution in [0.4, 0.5) is 10.1 Å². The number of hydrogen-bond acceptors (Lipinski definition) is 5. The lowest BCUT2D eigenvalue weighted by Crippen LogP contribution is -2.52. The molecule has 2 heterocycles. The van der Waals surface area contributed by atoms with Crippen LogP contribution in [0.5, 0.6) is 5.88 Å². The lowest BCUT2D eigenvalue weighted by Gasteiger charge is -2.37. The molecule has 1 saturated heterocycles. The zero-order chi connectivity index (χ0) is 21.2. The number of nitrogens with zero attached hydrogens (tertiary/aromatic N) is 4. The Morgan fingerprint density at radius 1 is 1.13 bits per heavy atom. The zero-order valence-electron chi connectivity index (χ0n) is 18.1. The quantitative estimate of drug-likeness (QED) is 0.239. The summed E-state index contributed by atoms with van der Waals surface area (Å²) in [6.45, 7) is 7.70. The number of ether oxygens (including phenoxy) is 2. The summed E-state index contributed by atoms with van der Waals surface area (Å²) in [6.07, 6.45) is 1.72. The highest BCUT2D eigenvalue weighted by molar-refractivity contribution is 14.0. The number of nitrogens with one attached hydrogen (secondary N) is 1. The maximum atomic E-state index is 13.2. The van der Waals surface area contributed by atoms with Gasteiger partial charge in [0, 0.05) is 57.3 Å². The van der Waals surface area contributed by atoms with Crippen LogP contribution in [0.25, 0.3) is 0 Å². The van der Waals surface area contributed by atoms with Crippen LogP contribution in [0.1, 0.15) is 12.5 Å². The van der Waals surface area contributed by atoms with Crippen molar-refractivity contribution < 1.29 is 13.9 Å². The number of rotatable bonds is 8. The van der Waals surface area contributed by atoms with E-state index in [9.17, 15) is 4.39 Å². The van der Waals surface area contributed by atoms with E-state index in [4.69, 9.17) is 14.5 Å². The first kappa shape index (κ1) is 25.1. The fourth-order valence-corrected chi connectivity index (χ4v) is 3.31. The summed E-state index contributed by atoms with van der Waals surface area (Å²) in [6, 6.07) is 10.5. The normalized spacial score (nSPS) is 14.2. The van der Waals surface area contributed by atoms with Crippen LogP contribution in [0, 0.1) is 5.82 Å². The minimum atomic E-state index is -0.208. The molecule has 0 spiro atoms. The average Bonchev–Trinajstić information content (AvgIpc) is 2.78. The molecule has 0 aliphatic carbocycles. The highest BCUT2D eigenvalue weighted by Crippen LogP contribution is 2.18. The SMILES string of the molecule is CCNC(=NCc1cccnc1OCCOC)N1CCN(c2ccc(F)cc2)CC1.I. The molecule has 1 N–H and O–H groups in total. The largest absolute Gasteiger partial charge is 0.475 e. The number of halogens is 2. The molecule has 31 heavy (non-hydrogen) atoms. The van der Waals surface area contributed by atoms with E-state index >= 15 is 0 Å². The van der Waals surface area contributed by atoms with Crippen molar-refractivity contribution in [1.82, 2.24) is 15.2 Å². The van der Waals surface area contributed by atoms with Crippen molar-refractivity contribution in [3.8, 4) is 5.88 Å². The third-order valence-corrected chi connectivity index (χ3v) is 4.88. The van der Waals surface area contributed by atoms with Gasteiger partial charge in [0.05, 0.1) is 13.2 Å². The molecule has 3 rings (SSSR count). The van der Waals surface area contributed by atoms with E-state index < -0.39 is 0 Å². The lowest BCUT2D eigenvalue weighted by atomic mass is 10.2. The van der Waals surface area contributed by atoms with Gasteiger partial charge in [-0.15, -0.1) is 24.0 Å². The number of hydrogen-bond donors (Lipinski definition) is 1. The standard InChI is InChI=1S/C22H30FN5O2.HI/c1-3-24-22(26-17-18-5-4-10-25-21(18)30-16-15-29-2)28-13-11-27(12-14-28)20-8-6-19(23)7-9-20;/h4-10H,3,11-17H2,1-2H3,(H,24,26);1H. The van der Waals surface area contributed by atoms with Crippen molar-refractivity contribution >= 4 is 35.6 Å². The summed E-state index contributed by atoms with van der Waals surface area (Å²) in [5.41, 5.74) is 1.99. The number of pyridine rings is 1. The molecular formula is C22H31FIN5O2. The van der Waals surface area contributed by atoms with Crippen molar-refractivity contribution in [3.05, 3.63) is 54.0 Å². The number of aromatic nitrogens is 1. The second-order valence-electron chi connectivity index (χ2n) is 6.93. The Kier molecular flexibility index (Phi) is 10.8. The van der Waals surface area contributed by atoms with Crippen molar-refractivity contribution in [2.45, 2.75) is 13.5 Å². The molecule has 1 aromatic heterocycles. The smallest absolute Gasteiger partial charge is 0.218 e. The predicted octanol–water partition coefficient (Wildman–Crippen LogP) is 3.15. The third-order valence-electron chi connectivity index (χ3n) is 4.88. The van der Waals surface area contributed by atoms with E-state index in [-0.39, 0.29) is 29.8 Å². The Morgan fingerprint density at radius 2 is 1.87 bits per heavy atom. The van der Waals surface area contributed by atoms with Gasteiger partial charge in [-0.1, -0.05) is 6.07 Å². The maximum Gasteiger partial charge on any atom is 0.218 e. The number of methoxy groups -OCH3 is 1. The number of aliphatic imine (C=N–C) groups is 1. The molecule has 0 atom stereocenters. The summed E-state index contributed by atoms with van der Waals surface area (Å²) in [4.78, 5) is 13.7. The van der Waals surface area contributed by atoms with Crippen LogP contribution in [0.2, 0.25) is 0 Å². The molecular weight excluding hydrogens is 512 g/mol. The van der Waals surface area contributed by atoms with Gasteiger partial charge in [-0.05, 0) is 37.3 Å². The average molecular weight is 543 g/mol. The third kappa shape index (κ3) is 7.49. The predicted molar refractivity (Wildman–Crippen MR) is 132 cm³/mol. The molecule has 0 unspecified atom stereocenters. The summed E-state index contributed by atoms with van der Waals surface area (Å²) >= 11 is 0. The van der Waals surface area contributed by atoms with Crippen LogP contribution in [0.15, 0.2) is 47.6 Å². The minimum Gasteiger partial charge on any atom is -0.475 e. The van der Waals surface area contributed by atoms with E-state index in [1.165, 1.54) is 12.1 Å². The van der Waals surface area contributed by atoms with Gasteiger partial charge in [-0.25, -0.2) is 14.4 Å². The molecule has 2 aromatic rings. The van der Waals surface area contributed by atoms with Gasteiger partial charge in [0.15, 0.2) is 5.96 Å². The fraction of sp³-hybridized carbons (Fsp3) is 0.455. The van der Waals surface area contributed by atoms with Gasteiger partial charge in [0.25, 0.3) is 0 Å². The number of anilines is 1. The Bertz CT molecular complexity index is 814. The molecule has 1 aromatic carbocycles. The molecule has 0 radical (unpaired) electrons. The monoisotopic (exact) mass is 543 g/mol. The first-order valence-electron chi connectivity index (χ1n) is 10.3. The summed E-state index contributed by atoms with van der Waals surface area (Å²) in [7, 11) is 1.64. The van der Waals surface area contributed by atoms with Gasteiger partial charge in [0.2, 0.25) is 5.88 Å². The number of piperazine rings is 1. The highest BCUT2D eigenvalue weighted by Gasteiger charge is 2.20. The first-order valence-corrected chi connectivity index (χ1v) is 10.3. The summed E-state index contributed by atoms with van der Waals surface area (Å²) in [5.74, 6) is 1.26. The lowest BCUT2D eigenvalue weighted by molar-refractivity contribution is 0.143. The van der Waals surface area contributed by atoms with Gasteiger partial charge in [-0.2, -0.15) is 0 Å². The molecule has 170 valence electrons. The molecule has 1 fully saturated rings. The fourth-order valence-electron chi connectivity index (χ4n) is 3.31. The van der Waals surface area contributed by atoms with Crippen LogP contribution in [-0.2, 0) is 11.3 Å². The summed E-state index contributed by atoms with van der Waals surface area (Å²) in [5, 5.41) is 3.38. The minimum absolute atomic E-state index is 0. The van der Waals surface area contributed by atoms with E-state index in [1.54, 1.807) is 13.3 Å². The van der Waals surface area contributed by atoms with Crippen LogP contribution in [-0.4, -0.2) is 68.9 Å². The number of benzene rings is 1. The van der Waals surface area contributed by atoms with Crippen molar-refractivity contribution in [1.29, 1.82) is 0 Å². The van der Waals surface area contributed by atoms with Gasteiger partial charge < -0.3 is 24.6 Å². The Hall–Kier alpha value is -2.14. The van der Waals surface area contributed by atoms with Gasteiger partial charge in [0.1, 0.15) is 12.4 Å². The summed E-state index contributed by atoms with van der Waals surface area (Å²) < 4.78 is 23.9. The molecule has 1 aliphatic heterocycles. The second-order valence-corrected chi connectivity index (χ2v) is 6.93. The van der Waals surface area contributed by atoms with E-state index in [1.807, 2.05) is 24.3 Å². The zero-order valence-corrected chi connectivity index (χ0v) is 20.4. The topological polar surface area (TPSA) is 62.2 Å². The molecule has 0 amide bonds. The molecule has 0 saturated carbocycles. The molecule has 7 nitrogen and oxygen atoms in total. The Morgan fingerprint density at radius 3 is 2.55 bits per heavy atom. The van der Waals surface area contributed by atoms with E-state index in [0.29, 0.717) is 25.6 Å². The van der Waals surface area contributed by atoms with Gasteiger partial charge in [-0.3, -0.25) is 0 Å². The molecule has 0 bridgehead atoms. The second kappa shape index (κ2) is 13.3.